The number of amides is 1. The lowest BCUT2D eigenvalue weighted by atomic mass is 9.66. The van der Waals surface area contributed by atoms with Gasteiger partial charge in [0.25, 0.3) is 0 Å². The number of carboxylic acid groups (broad SMARTS) is 1. The van der Waals surface area contributed by atoms with Crippen molar-refractivity contribution in [1.29, 1.82) is 0 Å². The predicted octanol–water partition coefficient (Wildman–Crippen LogP) is 3.26. The average molecular weight is 315 g/mol. The lowest BCUT2D eigenvalue weighted by molar-refractivity contribution is -0.160. The molecule has 1 saturated heterocycles. The molecule has 1 unspecified atom stereocenters. The van der Waals surface area contributed by atoms with Gasteiger partial charge in [0.1, 0.15) is 0 Å². The number of hydrogen-bond acceptors (Lipinski definition) is 2. The Morgan fingerprint density at radius 3 is 2.48 bits per heavy atom. The molecule has 0 aromatic heterocycles. The lowest BCUT2D eigenvalue weighted by Crippen LogP contribution is -2.49. The highest BCUT2D eigenvalue weighted by atomic mass is 16.4. The van der Waals surface area contributed by atoms with Gasteiger partial charge in [-0.25, -0.2) is 0 Å². The molecular formula is C19H25NO3. The Morgan fingerprint density at radius 2 is 1.87 bits per heavy atom. The molecule has 1 atom stereocenters. The Bertz CT molecular complexity index is 565. The summed E-state index contributed by atoms with van der Waals surface area (Å²) in [6, 6.07) is 10.5. The Labute approximate surface area is 137 Å². The third kappa shape index (κ3) is 3.41. The number of carboxylic acids is 1. The van der Waals surface area contributed by atoms with Gasteiger partial charge in [-0.2, -0.15) is 0 Å². The van der Waals surface area contributed by atoms with Crippen LogP contribution in [-0.2, 0) is 16.0 Å². The first-order chi connectivity index (χ1) is 11.1. The average Bonchev–Trinajstić information content (AvgIpc) is 2.52. The molecule has 0 radical (unpaired) electrons. The number of carbonyl (C=O) groups excluding carboxylic acids is 1. The molecule has 1 heterocycles. The van der Waals surface area contributed by atoms with Crippen molar-refractivity contribution in [2.24, 2.45) is 5.41 Å². The van der Waals surface area contributed by atoms with E-state index in [4.69, 9.17) is 0 Å². The van der Waals surface area contributed by atoms with Gasteiger partial charge in [-0.05, 0) is 44.1 Å². The molecule has 0 spiro atoms. The molecule has 0 bridgehead atoms. The number of piperidine rings is 1. The lowest BCUT2D eigenvalue weighted by Gasteiger charge is -2.41. The van der Waals surface area contributed by atoms with Gasteiger partial charge in [0.05, 0.1) is 5.41 Å². The topological polar surface area (TPSA) is 57.6 Å². The zero-order valence-corrected chi connectivity index (χ0v) is 13.5. The van der Waals surface area contributed by atoms with E-state index in [0.29, 0.717) is 12.8 Å². The van der Waals surface area contributed by atoms with Crippen molar-refractivity contribution in [3.05, 3.63) is 35.9 Å². The van der Waals surface area contributed by atoms with Gasteiger partial charge in [0.15, 0.2) is 0 Å². The summed E-state index contributed by atoms with van der Waals surface area (Å²) in [6.45, 7) is 0.770. The Hall–Kier alpha value is -1.84. The first-order valence-electron chi connectivity index (χ1n) is 8.67. The number of carbonyl (C=O) groups is 2. The van der Waals surface area contributed by atoms with Crippen LogP contribution in [0.5, 0.6) is 0 Å². The van der Waals surface area contributed by atoms with Gasteiger partial charge < -0.3 is 10.0 Å². The SMILES string of the molecule is O=C(CC1(C(=O)O)CCC1)N1CCCCC1Cc1ccccc1. The summed E-state index contributed by atoms with van der Waals surface area (Å²) in [4.78, 5) is 26.3. The quantitative estimate of drug-likeness (QED) is 0.907. The van der Waals surface area contributed by atoms with E-state index < -0.39 is 11.4 Å². The molecule has 1 amide bonds. The number of aliphatic carboxylic acids is 1. The second-order valence-electron chi connectivity index (χ2n) is 7.04. The van der Waals surface area contributed by atoms with E-state index in [1.807, 2.05) is 23.1 Å². The number of hydrogen-bond donors (Lipinski definition) is 1. The third-order valence-electron chi connectivity index (χ3n) is 5.52. The molecule has 2 aliphatic rings. The van der Waals surface area contributed by atoms with Gasteiger partial charge in [0, 0.05) is 19.0 Å². The monoisotopic (exact) mass is 315 g/mol. The summed E-state index contributed by atoms with van der Waals surface area (Å²) in [5, 5.41) is 9.46. The smallest absolute Gasteiger partial charge is 0.310 e. The molecule has 1 aromatic carbocycles. The van der Waals surface area contributed by atoms with Crippen LogP contribution in [0.1, 0.15) is 50.5 Å². The second kappa shape index (κ2) is 6.73. The number of likely N-dealkylation sites (tertiary alicyclic amines) is 1. The van der Waals surface area contributed by atoms with Gasteiger partial charge in [0.2, 0.25) is 5.91 Å². The molecule has 1 aliphatic carbocycles. The van der Waals surface area contributed by atoms with E-state index in [9.17, 15) is 14.7 Å². The predicted molar refractivity (Wildman–Crippen MR) is 88.0 cm³/mol. The summed E-state index contributed by atoms with van der Waals surface area (Å²) in [5.41, 5.74) is 0.458. The highest BCUT2D eigenvalue weighted by Crippen LogP contribution is 2.45. The first-order valence-corrected chi connectivity index (χ1v) is 8.67. The summed E-state index contributed by atoms with van der Waals surface area (Å²) < 4.78 is 0. The highest BCUT2D eigenvalue weighted by molar-refractivity contribution is 5.86. The normalized spacial score (nSPS) is 23.1. The van der Waals surface area contributed by atoms with Crippen LogP contribution in [0.2, 0.25) is 0 Å². The minimum atomic E-state index is -0.797. The second-order valence-corrected chi connectivity index (χ2v) is 7.04. The fraction of sp³-hybridized carbons (Fsp3) is 0.579. The van der Waals surface area contributed by atoms with Crippen LogP contribution in [0.3, 0.4) is 0 Å². The van der Waals surface area contributed by atoms with E-state index in [2.05, 4.69) is 12.1 Å². The molecule has 1 aliphatic heterocycles. The molecule has 2 fully saturated rings. The Balaban J connectivity index is 1.68. The first kappa shape index (κ1) is 16.0. The van der Waals surface area contributed by atoms with Crippen molar-refractivity contribution < 1.29 is 14.7 Å². The van der Waals surface area contributed by atoms with Crippen molar-refractivity contribution in [3.63, 3.8) is 0 Å². The minimum absolute atomic E-state index is 0.0349. The Morgan fingerprint density at radius 1 is 1.13 bits per heavy atom. The molecule has 1 N–H and O–H groups in total. The van der Waals surface area contributed by atoms with Crippen molar-refractivity contribution >= 4 is 11.9 Å². The molecular weight excluding hydrogens is 290 g/mol. The maximum atomic E-state index is 12.8. The van der Waals surface area contributed by atoms with Crippen molar-refractivity contribution in [3.8, 4) is 0 Å². The van der Waals surface area contributed by atoms with Crippen molar-refractivity contribution in [2.45, 2.75) is 57.4 Å². The number of nitrogens with zero attached hydrogens (tertiary/aromatic N) is 1. The summed E-state index contributed by atoms with van der Waals surface area (Å²) in [6.07, 6.45) is 6.44. The van der Waals surface area contributed by atoms with Crippen LogP contribution in [0.25, 0.3) is 0 Å². The van der Waals surface area contributed by atoms with Gasteiger partial charge in [-0.1, -0.05) is 36.8 Å². The molecule has 4 nitrogen and oxygen atoms in total. The zero-order valence-electron chi connectivity index (χ0n) is 13.5. The molecule has 4 heteroatoms. The van der Waals surface area contributed by atoms with Gasteiger partial charge >= 0.3 is 5.97 Å². The van der Waals surface area contributed by atoms with E-state index in [1.54, 1.807) is 0 Å². The fourth-order valence-corrected chi connectivity index (χ4v) is 3.89. The van der Waals surface area contributed by atoms with Crippen LogP contribution in [0.4, 0.5) is 0 Å². The Kier molecular flexibility index (Phi) is 4.69. The van der Waals surface area contributed by atoms with Gasteiger partial charge in [-0.3, -0.25) is 9.59 Å². The van der Waals surface area contributed by atoms with Crippen molar-refractivity contribution in [2.75, 3.05) is 6.54 Å². The molecule has 1 saturated carbocycles. The van der Waals surface area contributed by atoms with Gasteiger partial charge in [-0.15, -0.1) is 0 Å². The van der Waals surface area contributed by atoms with Crippen LogP contribution in [-0.4, -0.2) is 34.5 Å². The highest BCUT2D eigenvalue weighted by Gasteiger charge is 2.47. The third-order valence-corrected chi connectivity index (χ3v) is 5.52. The number of benzene rings is 1. The number of rotatable bonds is 5. The maximum Gasteiger partial charge on any atom is 0.310 e. The van der Waals surface area contributed by atoms with E-state index in [0.717, 1.165) is 38.6 Å². The minimum Gasteiger partial charge on any atom is -0.481 e. The zero-order chi connectivity index (χ0) is 16.3. The van der Waals surface area contributed by atoms with Crippen LogP contribution < -0.4 is 0 Å². The maximum absolute atomic E-state index is 12.8. The van der Waals surface area contributed by atoms with Crippen LogP contribution in [0, 0.1) is 5.41 Å². The largest absolute Gasteiger partial charge is 0.481 e. The fourth-order valence-electron chi connectivity index (χ4n) is 3.89. The standard InChI is InChI=1S/C19H25NO3/c21-17(14-19(18(22)23)10-6-11-19)20-12-5-4-9-16(20)13-15-7-2-1-3-8-15/h1-3,7-8,16H,4-6,9-14H2,(H,22,23). The molecule has 23 heavy (non-hydrogen) atoms. The summed E-state index contributed by atoms with van der Waals surface area (Å²) >= 11 is 0. The van der Waals surface area contributed by atoms with E-state index in [-0.39, 0.29) is 18.4 Å². The van der Waals surface area contributed by atoms with Crippen LogP contribution >= 0.6 is 0 Å². The molecule has 3 rings (SSSR count). The van der Waals surface area contributed by atoms with Crippen LogP contribution in [0.15, 0.2) is 30.3 Å². The molecule has 1 aromatic rings. The van der Waals surface area contributed by atoms with E-state index in [1.165, 1.54) is 5.56 Å². The summed E-state index contributed by atoms with van der Waals surface area (Å²) in [7, 11) is 0. The molecule has 124 valence electrons. The van der Waals surface area contributed by atoms with E-state index >= 15 is 0 Å². The summed E-state index contributed by atoms with van der Waals surface area (Å²) in [5.74, 6) is -0.763. The van der Waals surface area contributed by atoms with Crippen molar-refractivity contribution in [1.82, 2.24) is 4.90 Å².